The molecule has 1 aliphatic rings. The zero-order valence-electron chi connectivity index (χ0n) is 10.7. The van der Waals surface area contributed by atoms with Crippen molar-refractivity contribution in [2.75, 3.05) is 11.9 Å². The molecule has 1 N–H and O–H groups in total. The Morgan fingerprint density at radius 3 is 2.86 bits per heavy atom. The Morgan fingerprint density at radius 2 is 2.05 bits per heavy atom. The molecule has 1 aliphatic heterocycles. The smallest absolute Gasteiger partial charge is 0.262 e. The van der Waals surface area contributed by atoms with Gasteiger partial charge in [0.15, 0.2) is 12.4 Å². The van der Waals surface area contributed by atoms with Crippen LogP contribution in [0, 0.1) is 5.82 Å². The van der Waals surface area contributed by atoms with E-state index in [1.807, 2.05) is 0 Å². The van der Waals surface area contributed by atoms with E-state index in [1.165, 1.54) is 24.3 Å². The third-order valence-electron chi connectivity index (χ3n) is 3.05. The molecule has 1 amide bonds. The van der Waals surface area contributed by atoms with Gasteiger partial charge in [0, 0.05) is 15.6 Å². The van der Waals surface area contributed by atoms with Crippen molar-refractivity contribution in [2.45, 2.75) is 0 Å². The Hall–Kier alpha value is -2.21. The van der Waals surface area contributed by atoms with Crippen LogP contribution in [0.5, 0.6) is 5.75 Å². The van der Waals surface area contributed by atoms with Gasteiger partial charge in [-0.1, -0.05) is 15.9 Å². The van der Waals surface area contributed by atoms with Crippen molar-refractivity contribution in [3.05, 3.63) is 57.8 Å². The first-order chi connectivity index (χ1) is 10.0. The highest BCUT2D eigenvalue weighted by Crippen LogP contribution is 2.30. The summed E-state index contributed by atoms with van der Waals surface area (Å²) in [7, 11) is 0. The minimum Gasteiger partial charge on any atom is -0.482 e. The highest BCUT2D eigenvalue weighted by molar-refractivity contribution is 9.10. The number of ketones is 1. The monoisotopic (exact) mass is 349 g/mol. The van der Waals surface area contributed by atoms with E-state index in [4.69, 9.17) is 4.74 Å². The van der Waals surface area contributed by atoms with E-state index in [2.05, 4.69) is 21.2 Å². The molecule has 0 aliphatic carbocycles. The van der Waals surface area contributed by atoms with Crippen LogP contribution in [0.4, 0.5) is 10.1 Å². The molecule has 0 bridgehead atoms. The number of hydrogen-bond donors (Lipinski definition) is 1. The highest BCUT2D eigenvalue weighted by atomic mass is 79.9. The standard InChI is InChI=1S/C15H9BrFNO3/c16-11-3-2-9(17)6-10(11)15(20)8-1-4-13-12(5-8)18-14(19)7-21-13/h1-6H,7H2,(H,18,19). The minimum absolute atomic E-state index is 0.0459. The third-order valence-corrected chi connectivity index (χ3v) is 3.74. The van der Waals surface area contributed by atoms with Crippen LogP contribution in [0.15, 0.2) is 40.9 Å². The summed E-state index contributed by atoms with van der Waals surface area (Å²) in [4.78, 5) is 23.7. The van der Waals surface area contributed by atoms with Crippen LogP contribution >= 0.6 is 15.9 Å². The molecule has 106 valence electrons. The van der Waals surface area contributed by atoms with Gasteiger partial charge in [0.25, 0.3) is 5.91 Å². The molecule has 0 fully saturated rings. The number of rotatable bonds is 2. The van der Waals surface area contributed by atoms with Crippen molar-refractivity contribution in [3.63, 3.8) is 0 Å². The SMILES string of the molecule is O=C1COc2ccc(C(=O)c3cc(F)ccc3Br)cc2N1. The van der Waals surface area contributed by atoms with Crippen LogP contribution < -0.4 is 10.1 Å². The van der Waals surface area contributed by atoms with E-state index in [9.17, 15) is 14.0 Å². The third kappa shape index (κ3) is 2.67. The molecule has 0 radical (unpaired) electrons. The van der Waals surface area contributed by atoms with Crippen molar-refractivity contribution >= 4 is 33.3 Å². The number of nitrogens with one attached hydrogen (secondary N) is 1. The summed E-state index contributed by atoms with van der Waals surface area (Å²) in [5.41, 5.74) is 0.994. The number of carbonyl (C=O) groups is 2. The topological polar surface area (TPSA) is 55.4 Å². The summed E-state index contributed by atoms with van der Waals surface area (Å²) < 4.78 is 19.0. The van der Waals surface area contributed by atoms with Gasteiger partial charge in [-0.15, -0.1) is 0 Å². The largest absolute Gasteiger partial charge is 0.482 e. The zero-order chi connectivity index (χ0) is 15.0. The number of amides is 1. The summed E-state index contributed by atoms with van der Waals surface area (Å²) in [5, 5.41) is 2.63. The Kier molecular flexibility index (Phi) is 3.47. The Morgan fingerprint density at radius 1 is 1.24 bits per heavy atom. The lowest BCUT2D eigenvalue weighted by molar-refractivity contribution is -0.118. The van der Waals surface area contributed by atoms with Crippen LogP contribution in [0.25, 0.3) is 0 Å². The second-order valence-electron chi connectivity index (χ2n) is 4.50. The second kappa shape index (κ2) is 5.29. The molecule has 2 aromatic carbocycles. The number of benzene rings is 2. The molecule has 2 aromatic rings. The van der Waals surface area contributed by atoms with Gasteiger partial charge < -0.3 is 10.1 Å². The maximum absolute atomic E-state index is 13.3. The van der Waals surface area contributed by atoms with E-state index in [0.29, 0.717) is 21.5 Å². The molecule has 0 saturated carbocycles. The molecule has 0 atom stereocenters. The molecule has 3 rings (SSSR count). The fraction of sp³-hybridized carbons (Fsp3) is 0.0667. The predicted molar refractivity (Wildman–Crippen MR) is 78.1 cm³/mol. The number of halogens is 2. The second-order valence-corrected chi connectivity index (χ2v) is 5.36. The Balaban J connectivity index is 2.00. The maximum atomic E-state index is 13.3. The van der Waals surface area contributed by atoms with Crippen LogP contribution in [-0.2, 0) is 4.79 Å². The van der Waals surface area contributed by atoms with E-state index in [1.54, 1.807) is 12.1 Å². The summed E-state index contributed by atoms with van der Waals surface area (Å²) >= 11 is 3.23. The summed E-state index contributed by atoms with van der Waals surface area (Å²) in [6.45, 7) is -0.0459. The molecule has 4 nitrogen and oxygen atoms in total. The lowest BCUT2D eigenvalue weighted by atomic mass is 10.0. The van der Waals surface area contributed by atoms with Gasteiger partial charge in [-0.3, -0.25) is 9.59 Å². The van der Waals surface area contributed by atoms with Crippen LogP contribution in [0.3, 0.4) is 0 Å². The first kappa shape index (κ1) is 13.8. The molecule has 1 heterocycles. The number of ether oxygens (including phenoxy) is 1. The highest BCUT2D eigenvalue weighted by Gasteiger charge is 2.19. The normalized spacial score (nSPS) is 13.1. The maximum Gasteiger partial charge on any atom is 0.262 e. The molecule has 0 saturated heterocycles. The van der Waals surface area contributed by atoms with Gasteiger partial charge in [-0.2, -0.15) is 0 Å². The molecule has 6 heteroatoms. The van der Waals surface area contributed by atoms with Crippen LogP contribution in [0.2, 0.25) is 0 Å². The number of hydrogen-bond acceptors (Lipinski definition) is 3. The average molecular weight is 350 g/mol. The van der Waals surface area contributed by atoms with Gasteiger partial charge in [-0.05, 0) is 36.4 Å². The Bertz CT molecular complexity index is 761. The summed E-state index contributed by atoms with van der Waals surface area (Å²) in [5.74, 6) is -0.608. The fourth-order valence-corrected chi connectivity index (χ4v) is 2.48. The van der Waals surface area contributed by atoms with Crippen molar-refractivity contribution in [2.24, 2.45) is 0 Å². The van der Waals surface area contributed by atoms with Crippen molar-refractivity contribution in [1.29, 1.82) is 0 Å². The van der Waals surface area contributed by atoms with Gasteiger partial charge in [-0.25, -0.2) is 4.39 Å². The van der Waals surface area contributed by atoms with E-state index < -0.39 is 5.82 Å². The van der Waals surface area contributed by atoms with Crippen LogP contribution in [0.1, 0.15) is 15.9 Å². The van der Waals surface area contributed by atoms with E-state index in [0.717, 1.165) is 0 Å². The zero-order valence-corrected chi connectivity index (χ0v) is 12.2. The van der Waals surface area contributed by atoms with Crippen molar-refractivity contribution < 1.29 is 18.7 Å². The molecular weight excluding hydrogens is 341 g/mol. The number of fused-ring (bicyclic) bond motifs is 1. The van der Waals surface area contributed by atoms with Gasteiger partial charge in [0.1, 0.15) is 11.6 Å². The molecule has 0 aromatic heterocycles. The Labute approximate surface area is 128 Å². The molecular formula is C15H9BrFNO3. The lowest BCUT2D eigenvalue weighted by Gasteiger charge is -2.18. The van der Waals surface area contributed by atoms with E-state index >= 15 is 0 Å². The van der Waals surface area contributed by atoms with E-state index in [-0.39, 0.29) is 23.9 Å². The molecule has 0 unspecified atom stereocenters. The molecule has 0 spiro atoms. The average Bonchev–Trinajstić information content (AvgIpc) is 2.48. The van der Waals surface area contributed by atoms with Crippen LogP contribution in [-0.4, -0.2) is 18.3 Å². The van der Waals surface area contributed by atoms with Gasteiger partial charge >= 0.3 is 0 Å². The molecule has 21 heavy (non-hydrogen) atoms. The summed E-state index contributed by atoms with van der Waals surface area (Å²) in [6, 6.07) is 8.62. The fourth-order valence-electron chi connectivity index (χ4n) is 2.05. The first-order valence-corrected chi connectivity index (χ1v) is 6.90. The number of anilines is 1. The summed E-state index contributed by atoms with van der Waals surface area (Å²) in [6.07, 6.45) is 0. The number of carbonyl (C=O) groups excluding carboxylic acids is 2. The lowest BCUT2D eigenvalue weighted by Crippen LogP contribution is -2.25. The first-order valence-electron chi connectivity index (χ1n) is 6.11. The van der Waals surface area contributed by atoms with Gasteiger partial charge in [0.05, 0.1) is 5.69 Å². The minimum atomic E-state index is -0.490. The van der Waals surface area contributed by atoms with Crippen molar-refractivity contribution in [3.8, 4) is 5.75 Å². The van der Waals surface area contributed by atoms with Crippen molar-refractivity contribution in [1.82, 2.24) is 0 Å². The predicted octanol–water partition coefficient (Wildman–Crippen LogP) is 3.15. The quantitative estimate of drug-likeness (QED) is 0.847. The van der Waals surface area contributed by atoms with Gasteiger partial charge in [0.2, 0.25) is 0 Å².